The van der Waals surface area contributed by atoms with Crippen molar-refractivity contribution in [2.75, 3.05) is 0 Å². The molecule has 0 fully saturated rings. The van der Waals surface area contributed by atoms with Crippen molar-refractivity contribution in [3.63, 3.8) is 0 Å². The van der Waals surface area contributed by atoms with Crippen molar-refractivity contribution in [3.8, 4) is 44.8 Å². The molecule has 3 aromatic heterocycles. The van der Waals surface area contributed by atoms with Crippen LogP contribution in [0.2, 0.25) is 0 Å². The summed E-state index contributed by atoms with van der Waals surface area (Å²) in [7, 11) is 0. The SMILES string of the molecule is CC(C)(C)c1ccc(-c2[c-]cccc2)nc1.[2H]C([2H])([2H])c1cnc(-c2[c-]ccc3c2oc2c(-c4ccccc4)cccc23)cc1-c1c(C([2H])([2H])[2H])cc(C([2H])([2H])C(C)(C)C)c2c1C(F)(F)C(F)(F)C(F)(F)C2(F)F.[Ir]. The van der Waals surface area contributed by atoms with Crippen molar-refractivity contribution in [2.45, 2.75) is 90.7 Å². The van der Waals surface area contributed by atoms with Gasteiger partial charge in [0.25, 0.3) is 0 Å². The van der Waals surface area contributed by atoms with Gasteiger partial charge in [-0.3, -0.25) is 0 Å². The molecule has 0 saturated carbocycles. The van der Waals surface area contributed by atoms with E-state index in [1.165, 1.54) is 11.6 Å². The second kappa shape index (κ2) is 17.4. The molecule has 0 unspecified atom stereocenters. The first-order valence-corrected chi connectivity index (χ1v) is 20.7. The minimum atomic E-state index is -6.93. The van der Waals surface area contributed by atoms with Gasteiger partial charge in [0.2, 0.25) is 0 Å². The van der Waals surface area contributed by atoms with Gasteiger partial charge in [-0.25, -0.2) is 0 Å². The summed E-state index contributed by atoms with van der Waals surface area (Å²) in [5.74, 6) is -26.4. The standard InChI is InChI=1S/C40H30F8NO.C15H16N.Ir/c1-21-17-24(19-36(3,4)5)32-33(38(43,44)40(47,48)39(45,46)37(32,41)42)31(21)29-18-30(49-20-22(29)2)28-16-10-15-27-26-14-9-13-25(34(26)50-35(27)28)23-11-7-6-8-12-23;1-15(2,3)13-9-10-14(16-11-13)12-7-5-4-6-8-12;/h6-15,17-18,20H,19H2,1-5H3;4-7,9-11H,1-3H3;/q2*-1;/i1D3,2D3,19D2;;. The van der Waals surface area contributed by atoms with E-state index >= 15 is 35.1 Å². The van der Waals surface area contributed by atoms with E-state index in [1.54, 1.807) is 42.5 Å². The van der Waals surface area contributed by atoms with Gasteiger partial charge in [-0.2, -0.15) is 35.1 Å². The first-order valence-electron chi connectivity index (χ1n) is 24.7. The Morgan fingerprint density at radius 1 is 0.627 bits per heavy atom. The number of alkyl halides is 8. The number of pyridine rings is 2. The van der Waals surface area contributed by atoms with Crippen LogP contribution in [0.3, 0.4) is 0 Å². The van der Waals surface area contributed by atoms with Gasteiger partial charge in [-0.1, -0.05) is 125 Å². The molecule has 1 aliphatic carbocycles. The van der Waals surface area contributed by atoms with Crippen LogP contribution in [0.4, 0.5) is 35.1 Å². The molecule has 5 aromatic carbocycles. The summed E-state index contributed by atoms with van der Waals surface area (Å²) >= 11 is 0. The van der Waals surface area contributed by atoms with E-state index in [1.807, 2.05) is 42.6 Å². The number of rotatable bonds is 5. The van der Waals surface area contributed by atoms with Gasteiger partial charge in [0.15, 0.2) is 0 Å². The minimum Gasteiger partial charge on any atom is -0.500 e. The summed E-state index contributed by atoms with van der Waals surface area (Å²) in [6, 6.07) is 36.2. The molecule has 1 radical (unpaired) electrons. The maximum Gasteiger partial charge on any atom is 0.382 e. The molecule has 9 rings (SSSR count). The Morgan fingerprint density at radius 2 is 1.28 bits per heavy atom. The molecule has 3 heterocycles. The van der Waals surface area contributed by atoms with Crippen LogP contribution in [0.1, 0.15) is 85.9 Å². The van der Waals surface area contributed by atoms with Crippen molar-refractivity contribution < 1.29 is 70.6 Å². The molecule has 67 heavy (non-hydrogen) atoms. The van der Waals surface area contributed by atoms with Crippen molar-refractivity contribution in [1.82, 2.24) is 9.97 Å². The van der Waals surface area contributed by atoms with Gasteiger partial charge in [-0.15, -0.1) is 54.1 Å². The van der Waals surface area contributed by atoms with E-state index in [9.17, 15) is 0 Å². The average Bonchev–Trinajstić information content (AvgIpc) is 3.71. The molecule has 0 aliphatic heterocycles. The maximum absolute atomic E-state index is 16.5. The molecule has 0 amide bonds. The number of halogens is 8. The number of benzene rings is 5. The zero-order valence-corrected chi connectivity index (χ0v) is 39.1. The Bertz CT molecular complexity index is 3430. The number of aryl methyl sites for hydroxylation is 2. The Labute approximate surface area is 409 Å². The predicted octanol–water partition coefficient (Wildman–Crippen LogP) is 16.3. The maximum atomic E-state index is 16.5. The normalized spacial score (nSPS) is 18.2. The minimum absolute atomic E-state index is 0. The number of hydrogen-bond acceptors (Lipinski definition) is 3. The van der Waals surface area contributed by atoms with Crippen molar-refractivity contribution in [3.05, 3.63) is 167 Å². The molecule has 1 aliphatic rings. The van der Waals surface area contributed by atoms with Crippen LogP contribution in [0.5, 0.6) is 0 Å². The molecule has 0 N–H and O–H groups in total. The molecule has 0 bridgehead atoms. The summed E-state index contributed by atoms with van der Waals surface area (Å²) < 4.78 is 200. The Balaban J connectivity index is 0.000000410. The quantitative estimate of drug-likeness (QED) is 0.127. The van der Waals surface area contributed by atoms with E-state index in [0.29, 0.717) is 34.2 Å². The van der Waals surface area contributed by atoms with Gasteiger partial charge in [0.1, 0.15) is 5.58 Å². The van der Waals surface area contributed by atoms with Crippen molar-refractivity contribution in [1.29, 1.82) is 0 Å². The molecule has 0 atom stereocenters. The third-order valence-corrected chi connectivity index (χ3v) is 11.2. The zero-order chi connectivity index (χ0) is 54.6. The fraction of sp³-hybridized carbons (Fsp3) is 0.273. The van der Waals surface area contributed by atoms with Gasteiger partial charge in [0.05, 0.1) is 5.58 Å². The van der Waals surface area contributed by atoms with Crippen LogP contribution >= 0.6 is 0 Å². The Hall–Kier alpha value is -5.71. The molecule has 12 heteroatoms. The van der Waals surface area contributed by atoms with E-state index in [2.05, 4.69) is 55.0 Å². The van der Waals surface area contributed by atoms with Crippen molar-refractivity contribution >= 4 is 21.9 Å². The smallest absolute Gasteiger partial charge is 0.382 e. The zero-order valence-electron chi connectivity index (χ0n) is 44.7. The largest absolute Gasteiger partial charge is 0.500 e. The number of para-hydroxylation sites is 1. The third kappa shape index (κ3) is 8.49. The van der Waals surface area contributed by atoms with Gasteiger partial charge in [-0.05, 0) is 81.2 Å². The first-order chi connectivity index (χ1) is 34.1. The summed E-state index contributed by atoms with van der Waals surface area (Å²) in [5, 5.41) is 1.01. The number of fused-ring (bicyclic) bond motifs is 4. The molecule has 349 valence electrons. The number of furan rings is 1. The van der Waals surface area contributed by atoms with E-state index in [-0.39, 0.29) is 42.7 Å². The van der Waals surface area contributed by atoms with Gasteiger partial charge < -0.3 is 14.4 Å². The van der Waals surface area contributed by atoms with Gasteiger partial charge in [0, 0.05) is 65.5 Å². The van der Waals surface area contributed by atoms with Crippen LogP contribution in [-0.4, -0.2) is 21.8 Å². The monoisotopic (exact) mass is 1100 g/mol. The summed E-state index contributed by atoms with van der Waals surface area (Å²) in [5.41, 5.74) is -9.66. The summed E-state index contributed by atoms with van der Waals surface area (Å²) in [4.78, 5) is 8.64. The van der Waals surface area contributed by atoms with E-state index in [4.69, 9.17) is 15.4 Å². The topological polar surface area (TPSA) is 38.9 Å². The molecule has 3 nitrogen and oxygen atoms in total. The molecular weight excluding hydrogens is 1050 g/mol. The summed E-state index contributed by atoms with van der Waals surface area (Å²) in [6.07, 6.45) is -0.832. The molecular formula is C55H46F8IrN2O-2. The van der Waals surface area contributed by atoms with Crippen LogP contribution < -0.4 is 0 Å². The fourth-order valence-electron chi connectivity index (χ4n) is 7.96. The predicted molar refractivity (Wildman–Crippen MR) is 244 cm³/mol. The fourth-order valence-corrected chi connectivity index (χ4v) is 7.96. The van der Waals surface area contributed by atoms with Crippen molar-refractivity contribution in [2.24, 2.45) is 5.41 Å². The second-order valence-corrected chi connectivity index (χ2v) is 18.1. The number of aromatic nitrogens is 2. The third-order valence-electron chi connectivity index (χ3n) is 11.2. The molecule has 8 aromatic rings. The van der Waals surface area contributed by atoms with Gasteiger partial charge >= 0.3 is 23.7 Å². The van der Waals surface area contributed by atoms with Crippen LogP contribution in [0.15, 0.2) is 126 Å². The second-order valence-electron chi connectivity index (χ2n) is 18.1. The average molecular weight is 1100 g/mol. The molecule has 0 spiro atoms. The Morgan fingerprint density at radius 3 is 1.90 bits per heavy atom. The van der Waals surface area contributed by atoms with E-state index < -0.39 is 93.8 Å². The Kier molecular flexibility index (Phi) is 10.2. The van der Waals surface area contributed by atoms with Crippen LogP contribution in [-0.2, 0) is 43.7 Å². The van der Waals surface area contributed by atoms with E-state index in [0.717, 1.165) is 37.6 Å². The number of nitrogens with zero attached hydrogens (tertiary/aromatic N) is 2. The molecule has 0 saturated heterocycles. The summed E-state index contributed by atoms with van der Waals surface area (Å²) in [6.45, 7) is 2.56. The van der Waals surface area contributed by atoms with Crippen LogP contribution in [0, 0.1) is 31.3 Å². The first kappa shape index (κ1) is 39.3. The van der Waals surface area contributed by atoms with Crippen LogP contribution in [0.25, 0.3) is 66.7 Å². The number of hydrogen-bond donors (Lipinski definition) is 0.